The highest BCUT2D eigenvalue weighted by Crippen LogP contribution is 2.26. The SMILES string of the molecule is CC(=O)c1cc(OCc2ccccc2)ccc1OC[C@@H]1CO1. The molecule has 1 aliphatic heterocycles. The summed E-state index contributed by atoms with van der Waals surface area (Å²) in [6.07, 6.45) is 0.161. The molecule has 0 amide bonds. The third kappa shape index (κ3) is 3.86. The summed E-state index contributed by atoms with van der Waals surface area (Å²) >= 11 is 0. The fraction of sp³-hybridized carbons (Fsp3) is 0.278. The maximum Gasteiger partial charge on any atom is 0.163 e. The van der Waals surface area contributed by atoms with Gasteiger partial charge in [0.25, 0.3) is 0 Å². The van der Waals surface area contributed by atoms with Crippen LogP contribution in [-0.4, -0.2) is 25.1 Å². The lowest BCUT2D eigenvalue weighted by molar-refractivity contribution is 0.101. The van der Waals surface area contributed by atoms with Crippen LogP contribution < -0.4 is 9.47 Å². The Morgan fingerprint density at radius 2 is 1.95 bits per heavy atom. The average molecular weight is 298 g/mol. The molecule has 22 heavy (non-hydrogen) atoms. The van der Waals surface area contributed by atoms with Gasteiger partial charge < -0.3 is 14.2 Å². The van der Waals surface area contributed by atoms with Crippen LogP contribution in [0.4, 0.5) is 0 Å². The van der Waals surface area contributed by atoms with Crippen LogP contribution in [0.25, 0.3) is 0 Å². The van der Waals surface area contributed by atoms with Gasteiger partial charge in [0.2, 0.25) is 0 Å². The Balaban J connectivity index is 1.69. The minimum absolute atomic E-state index is 0.0446. The highest BCUT2D eigenvalue weighted by Gasteiger charge is 2.24. The van der Waals surface area contributed by atoms with Gasteiger partial charge in [-0.1, -0.05) is 30.3 Å². The first-order valence-corrected chi connectivity index (χ1v) is 7.28. The molecule has 0 bridgehead atoms. The number of carbonyl (C=O) groups is 1. The lowest BCUT2D eigenvalue weighted by Gasteiger charge is -2.12. The van der Waals surface area contributed by atoms with Gasteiger partial charge in [0, 0.05) is 0 Å². The molecule has 1 aliphatic rings. The van der Waals surface area contributed by atoms with Gasteiger partial charge in [-0.3, -0.25) is 4.79 Å². The fourth-order valence-corrected chi connectivity index (χ4v) is 2.09. The van der Waals surface area contributed by atoms with Crippen LogP contribution in [0.2, 0.25) is 0 Å². The van der Waals surface area contributed by atoms with Crippen LogP contribution in [0.1, 0.15) is 22.8 Å². The first-order chi connectivity index (χ1) is 10.7. The summed E-state index contributed by atoms with van der Waals surface area (Å²) in [5, 5.41) is 0. The number of ketones is 1. The van der Waals surface area contributed by atoms with Gasteiger partial charge in [0.1, 0.15) is 30.8 Å². The van der Waals surface area contributed by atoms with E-state index in [1.54, 1.807) is 12.1 Å². The van der Waals surface area contributed by atoms with Crippen LogP contribution in [0.15, 0.2) is 48.5 Å². The topological polar surface area (TPSA) is 48.1 Å². The molecule has 0 aliphatic carbocycles. The molecule has 0 saturated carbocycles. The molecule has 114 valence electrons. The normalized spacial score (nSPS) is 16.1. The minimum Gasteiger partial charge on any atom is -0.490 e. The molecular weight excluding hydrogens is 280 g/mol. The van der Waals surface area contributed by atoms with Gasteiger partial charge in [-0.2, -0.15) is 0 Å². The van der Waals surface area contributed by atoms with Crippen molar-refractivity contribution in [1.82, 2.24) is 0 Å². The summed E-state index contributed by atoms with van der Waals surface area (Å²) in [7, 11) is 0. The first-order valence-electron chi connectivity index (χ1n) is 7.28. The first kappa shape index (κ1) is 14.6. The zero-order chi connectivity index (χ0) is 15.4. The smallest absolute Gasteiger partial charge is 0.163 e. The standard InChI is InChI=1S/C18H18O4/c1-13(19)17-9-15(20-10-14-5-3-2-4-6-14)7-8-18(17)22-12-16-11-21-16/h2-9,16H,10-12H2,1H3/t16-/m0/s1. The number of Topliss-reactive ketones (excluding diaryl/α,β-unsaturated/α-hetero) is 1. The predicted molar refractivity (Wildman–Crippen MR) is 82.5 cm³/mol. The van der Waals surface area contributed by atoms with Crippen LogP contribution in [0.5, 0.6) is 11.5 Å². The second kappa shape index (κ2) is 6.62. The molecule has 1 atom stereocenters. The van der Waals surface area contributed by atoms with Gasteiger partial charge in [-0.15, -0.1) is 0 Å². The van der Waals surface area contributed by atoms with Crippen molar-refractivity contribution < 1.29 is 19.0 Å². The average Bonchev–Trinajstić information content (AvgIpc) is 3.36. The van der Waals surface area contributed by atoms with Crippen LogP contribution >= 0.6 is 0 Å². The molecule has 0 aromatic heterocycles. The third-order valence-electron chi connectivity index (χ3n) is 3.41. The molecule has 1 fully saturated rings. The summed E-state index contributed by atoms with van der Waals surface area (Å²) in [6.45, 7) is 3.20. The fourth-order valence-electron chi connectivity index (χ4n) is 2.09. The number of rotatable bonds is 7. The summed E-state index contributed by atoms with van der Waals surface area (Å²) in [4.78, 5) is 11.8. The van der Waals surface area contributed by atoms with Crippen LogP contribution in [0.3, 0.4) is 0 Å². The second-order valence-corrected chi connectivity index (χ2v) is 5.25. The van der Waals surface area contributed by atoms with E-state index in [2.05, 4.69) is 0 Å². The Bertz CT molecular complexity index is 647. The number of hydrogen-bond donors (Lipinski definition) is 0. The van der Waals surface area contributed by atoms with E-state index < -0.39 is 0 Å². The molecule has 0 N–H and O–H groups in total. The zero-order valence-corrected chi connectivity index (χ0v) is 12.5. The summed E-state index contributed by atoms with van der Waals surface area (Å²) < 4.78 is 16.5. The van der Waals surface area contributed by atoms with Crippen molar-refractivity contribution in [1.29, 1.82) is 0 Å². The number of ether oxygens (including phenoxy) is 3. The largest absolute Gasteiger partial charge is 0.490 e. The van der Waals surface area contributed by atoms with E-state index in [1.807, 2.05) is 36.4 Å². The van der Waals surface area contributed by atoms with Crippen molar-refractivity contribution in [2.75, 3.05) is 13.2 Å². The maximum absolute atomic E-state index is 11.8. The molecule has 2 aromatic rings. The molecule has 2 aromatic carbocycles. The molecule has 3 rings (SSSR count). The van der Waals surface area contributed by atoms with E-state index in [4.69, 9.17) is 14.2 Å². The lowest BCUT2D eigenvalue weighted by atomic mass is 10.1. The van der Waals surface area contributed by atoms with Crippen molar-refractivity contribution in [2.24, 2.45) is 0 Å². The molecule has 0 spiro atoms. The van der Waals surface area contributed by atoms with Crippen molar-refractivity contribution in [3.63, 3.8) is 0 Å². The number of epoxide rings is 1. The Labute approximate surface area is 129 Å². The highest BCUT2D eigenvalue weighted by atomic mass is 16.6. The molecule has 1 heterocycles. The summed E-state index contributed by atoms with van der Waals surface area (Å²) in [5.41, 5.74) is 1.62. The highest BCUT2D eigenvalue weighted by molar-refractivity contribution is 5.97. The van der Waals surface area contributed by atoms with E-state index in [1.165, 1.54) is 6.92 Å². The Kier molecular flexibility index (Phi) is 4.39. The monoisotopic (exact) mass is 298 g/mol. The minimum atomic E-state index is -0.0446. The Hall–Kier alpha value is -2.33. The number of hydrogen-bond acceptors (Lipinski definition) is 4. The van der Waals surface area contributed by atoms with E-state index >= 15 is 0 Å². The molecular formula is C18H18O4. The van der Waals surface area contributed by atoms with Gasteiger partial charge >= 0.3 is 0 Å². The van der Waals surface area contributed by atoms with Gasteiger partial charge in [0.05, 0.1) is 12.2 Å². The Morgan fingerprint density at radius 3 is 2.64 bits per heavy atom. The Morgan fingerprint density at radius 1 is 1.18 bits per heavy atom. The second-order valence-electron chi connectivity index (χ2n) is 5.25. The van der Waals surface area contributed by atoms with Crippen molar-refractivity contribution in [3.05, 3.63) is 59.7 Å². The van der Waals surface area contributed by atoms with E-state index in [-0.39, 0.29) is 11.9 Å². The summed E-state index contributed by atoms with van der Waals surface area (Å²) in [5.74, 6) is 1.19. The van der Waals surface area contributed by atoms with Crippen molar-refractivity contribution in [2.45, 2.75) is 19.6 Å². The van der Waals surface area contributed by atoms with Crippen LogP contribution in [0, 0.1) is 0 Å². The van der Waals surface area contributed by atoms with Gasteiger partial charge in [0.15, 0.2) is 5.78 Å². The van der Waals surface area contributed by atoms with E-state index in [0.29, 0.717) is 30.3 Å². The molecule has 4 nitrogen and oxygen atoms in total. The van der Waals surface area contributed by atoms with E-state index in [0.717, 1.165) is 12.2 Å². The third-order valence-corrected chi connectivity index (χ3v) is 3.41. The quantitative estimate of drug-likeness (QED) is 0.581. The van der Waals surface area contributed by atoms with Gasteiger partial charge in [-0.25, -0.2) is 0 Å². The number of benzene rings is 2. The number of carbonyl (C=O) groups excluding carboxylic acids is 1. The summed E-state index contributed by atoms with van der Waals surface area (Å²) in [6, 6.07) is 15.2. The van der Waals surface area contributed by atoms with Crippen molar-refractivity contribution >= 4 is 5.78 Å². The lowest BCUT2D eigenvalue weighted by Crippen LogP contribution is -2.07. The van der Waals surface area contributed by atoms with Crippen molar-refractivity contribution in [3.8, 4) is 11.5 Å². The predicted octanol–water partition coefficient (Wildman–Crippen LogP) is 3.25. The molecule has 0 unspecified atom stereocenters. The zero-order valence-electron chi connectivity index (χ0n) is 12.5. The van der Waals surface area contributed by atoms with Gasteiger partial charge in [-0.05, 0) is 30.7 Å². The molecule has 0 radical (unpaired) electrons. The molecule has 4 heteroatoms. The molecule has 1 saturated heterocycles. The van der Waals surface area contributed by atoms with Crippen LogP contribution in [-0.2, 0) is 11.3 Å². The maximum atomic E-state index is 11.8. The van der Waals surface area contributed by atoms with E-state index in [9.17, 15) is 4.79 Å².